The van der Waals surface area contributed by atoms with Crippen LogP contribution in [0.25, 0.3) is 11.1 Å². The SMILES string of the molecule is CCc1ccc(S(=O)(=O)NCc2cncc(-c3ccsc3)c2)cc1. The number of nitrogens with zero attached hydrogens (tertiary/aromatic N) is 1. The summed E-state index contributed by atoms with van der Waals surface area (Å²) in [4.78, 5) is 4.49. The van der Waals surface area contributed by atoms with Crippen molar-refractivity contribution in [3.05, 3.63) is 70.7 Å². The molecule has 0 radical (unpaired) electrons. The standard InChI is InChI=1S/C18H18N2O2S2/c1-2-14-3-5-18(6-4-14)24(21,22)20-11-15-9-17(12-19-10-15)16-7-8-23-13-16/h3-10,12-13,20H,2,11H2,1H3. The Labute approximate surface area is 146 Å². The molecule has 2 heterocycles. The molecule has 24 heavy (non-hydrogen) atoms. The second-order valence-electron chi connectivity index (χ2n) is 5.42. The molecule has 6 heteroatoms. The van der Waals surface area contributed by atoms with E-state index in [0.29, 0.717) is 0 Å². The van der Waals surface area contributed by atoms with Gasteiger partial charge in [-0.05, 0) is 58.1 Å². The molecule has 3 aromatic rings. The van der Waals surface area contributed by atoms with E-state index in [-0.39, 0.29) is 11.4 Å². The van der Waals surface area contributed by atoms with E-state index in [1.165, 1.54) is 0 Å². The molecule has 0 aliphatic carbocycles. The van der Waals surface area contributed by atoms with E-state index in [0.717, 1.165) is 28.7 Å². The quantitative estimate of drug-likeness (QED) is 0.728. The van der Waals surface area contributed by atoms with E-state index in [1.807, 2.05) is 41.9 Å². The van der Waals surface area contributed by atoms with Crippen LogP contribution in [0.15, 0.2) is 64.4 Å². The summed E-state index contributed by atoms with van der Waals surface area (Å²) in [6.45, 7) is 2.25. The van der Waals surface area contributed by atoms with Gasteiger partial charge in [0.2, 0.25) is 10.0 Å². The van der Waals surface area contributed by atoms with E-state index in [2.05, 4.69) is 9.71 Å². The molecule has 0 spiro atoms. The Morgan fingerprint density at radius 1 is 1.04 bits per heavy atom. The van der Waals surface area contributed by atoms with Gasteiger partial charge in [-0.15, -0.1) is 0 Å². The van der Waals surface area contributed by atoms with E-state index in [4.69, 9.17) is 0 Å². The zero-order valence-electron chi connectivity index (χ0n) is 13.3. The van der Waals surface area contributed by atoms with Crippen LogP contribution >= 0.6 is 11.3 Å². The number of hydrogen-bond acceptors (Lipinski definition) is 4. The minimum absolute atomic E-state index is 0.211. The van der Waals surface area contributed by atoms with Gasteiger partial charge >= 0.3 is 0 Å². The van der Waals surface area contributed by atoms with E-state index in [9.17, 15) is 8.42 Å². The van der Waals surface area contributed by atoms with Crippen LogP contribution in [0.1, 0.15) is 18.1 Å². The highest BCUT2D eigenvalue weighted by molar-refractivity contribution is 7.89. The fourth-order valence-electron chi connectivity index (χ4n) is 2.34. The Hall–Kier alpha value is -2.02. The summed E-state index contributed by atoms with van der Waals surface area (Å²) in [7, 11) is -3.53. The van der Waals surface area contributed by atoms with Crippen LogP contribution in [0.3, 0.4) is 0 Å². The molecular formula is C18H18N2O2S2. The molecule has 1 aromatic carbocycles. The van der Waals surface area contributed by atoms with Gasteiger partial charge in [0, 0.05) is 24.5 Å². The highest BCUT2D eigenvalue weighted by atomic mass is 32.2. The zero-order chi connectivity index (χ0) is 17.0. The molecule has 0 aliphatic heterocycles. The van der Waals surface area contributed by atoms with Crippen molar-refractivity contribution in [3.63, 3.8) is 0 Å². The molecule has 1 N–H and O–H groups in total. The molecule has 0 aliphatic rings. The van der Waals surface area contributed by atoms with Crippen LogP contribution in [0.5, 0.6) is 0 Å². The number of aryl methyl sites for hydroxylation is 1. The molecule has 4 nitrogen and oxygen atoms in total. The lowest BCUT2D eigenvalue weighted by Gasteiger charge is -2.08. The van der Waals surface area contributed by atoms with Gasteiger partial charge in [-0.3, -0.25) is 4.98 Å². The van der Waals surface area contributed by atoms with Crippen molar-refractivity contribution < 1.29 is 8.42 Å². The van der Waals surface area contributed by atoms with Crippen molar-refractivity contribution in [1.29, 1.82) is 0 Å². The summed E-state index contributed by atoms with van der Waals surface area (Å²) in [6.07, 6.45) is 4.34. The number of hydrogen-bond donors (Lipinski definition) is 1. The van der Waals surface area contributed by atoms with Gasteiger partial charge in [-0.1, -0.05) is 19.1 Å². The topological polar surface area (TPSA) is 59.1 Å². The number of rotatable bonds is 6. The Morgan fingerprint density at radius 3 is 2.50 bits per heavy atom. The number of pyridine rings is 1. The number of benzene rings is 1. The first-order valence-corrected chi connectivity index (χ1v) is 10.1. The smallest absolute Gasteiger partial charge is 0.240 e. The maximum atomic E-state index is 12.4. The van der Waals surface area contributed by atoms with Crippen LogP contribution in [0.2, 0.25) is 0 Å². The lowest BCUT2D eigenvalue weighted by atomic mass is 10.1. The summed E-state index contributed by atoms with van der Waals surface area (Å²) in [5.74, 6) is 0. The van der Waals surface area contributed by atoms with Crippen LogP contribution in [0.4, 0.5) is 0 Å². The Morgan fingerprint density at radius 2 is 1.83 bits per heavy atom. The molecule has 0 fully saturated rings. The van der Waals surface area contributed by atoms with Gasteiger partial charge in [0.1, 0.15) is 0 Å². The van der Waals surface area contributed by atoms with Crippen molar-refractivity contribution in [1.82, 2.24) is 9.71 Å². The highest BCUT2D eigenvalue weighted by Crippen LogP contribution is 2.22. The summed E-state index contributed by atoms with van der Waals surface area (Å²) in [5.41, 5.74) is 4.02. The van der Waals surface area contributed by atoms with Crippen molar-refractivity contribution in [3.8, 4) is 11.1 Å². The maximum Gasteiger partial charge on any atom is 0.240 e. The Balaban J connectivity index is 1.73. The molecule has 124 valence electrons. The van der Waals surface area contributed by atoms with Crippen LogP contribution < -0.4 is 4.72 Å². The number of nitrogens with one attached hydrogen (secondary N) is 1. The first-order chi connectivity index (χ1) is 11.6. The molecule has 0 saturated carbocycles. The number of aromatic nitrogens is 1. The second kappa shape index (κ2) is 7.25. The predicted octanol–water partition coefficient (Wildman–Crippen LogP) is 3.85. The number of sulfonamides is 1. The molecule has 0 amide bonds. The van der Waals surface area contributed by atoms with Gasteiger partial charge in [-0.2, -0.15) is 11.3 Å². The average molecular weight is 358 g/mol. The maximum absolute atomic E-state index is 12.4. The van der Waals surface area contributed by atoms with E-state index >= 15 is 0 Å². The molecule has 0 atom stereocenters. The van der Waals surface area contributed by atoms with Crippen LogP contribution in [0, 0.1) is 0 Å². The predicted molar refractivity (Wildman–Crippen MR) is 97.4 cm³/mol. The van der Waals surface area contributed by atoms with Crippen molar-refractivity contribution >= 4 is 21.4 Å². The normalized spacial score (nSPS) is 11.5. The summed E-state index contributed by atoms with van der Waals surface area (Å²) < 4.78 is 27.4. The molecule has 0 saturated heterocycles. The van der Waals surface area contributed by atoms with E-state index in [1.54, 1.807) is 35.9 Å². The third-order valence-corrected chi connectivity index (χ3v) is 5.86. The Kier molecular flexibility index (Phi) is 5.08. The molecule has 0 bridgehead atoms. The third-order valence-electron chi connectivity index (χ3n) is 3.76. The molecule has 0 unspecified atom stereocenters. The summed E-state index contributed by atoms with van der Waals surface area (Å²) >= 11 is 1.62. The molecule has 2 aromatic heterocycles. The van der Waals surface area contributed by atoms with E-state index < -0.39 is 10.0 Å². The first kappa shape index (κ1) is 16.8. The molecular weight excluding hydrogens is 340 g/mol. The molecule has 3 rings (SSSR count). The van der Waals surface area contributed by atoms with Gasteiger partial charge in [0.15, 0.2) is 0 Å². The largest absolute Gasteiger partial charge is 0.264 e. The zero-order valence-corrected chi connectivity index (χ0v) is 14.9. The lowest BCUT2D eigenvalue weighted by molar-refractivity contribution is 0.581. The highest BCUT2D eigenvalue weighted by Gasteiger charge is 2.13. The van der Waals surface area contributed by atoms with Crippen molar-refractivity contribution in [2.24, 2.45) is 0 Å². The van der Waals surface area contributed by atoms with Crippen molar-refractivity contribution in [2.75, 3.05) is 0 Å². The lowest BCUT2D eigenvalue weighted by Crippen LogP contribution is -2.23. The third kappa shape index (κ3) is 3.90. The fourth-order valence-corrected chi connectivity index (χ4v) is 4.02. The second-order valence-corrected chi connectivity index (χ2v) is 7.96. The van der Waals surface area contributed by atoms with Gasteiger partial charge in [0.25, 0.3) is 0 Å². The van der Waals surface area contributed by atoms with Crippen LogP contribution in [-0.2, 0) is 23.0 Å². The van der Waals surface area contributed by atoms with Crippen LogP contribution in [-0.4, -0.2) is 13.4 Å². The minimum atomic E-state index is -3.53. The monoisotopic (exact) mass is 358 g/mol. The van der Waals surface area contributed by atoms with Gasteiger partial charge in [-0.25, -0.2) is 13.1 Å². The Bertz CT molecular complexity index is 902. The first-order valence-electron chi connectivity index (χ1n) is 7.63. The summed E-state index contributed by atoms with van der Waals surface area (Å²) in [5, 5.41) is 4.05. The van der Waals surface area contributed by atoms with Gasteiger partial charge in [0.05, 0.1) is 4.90 Å². The number of thiophene rings is 1. The minimum Gasteiger partial charge on any atom is -0.264 e. The van der Waals surface area contributed by atoms with Crippen molar-refractivity contribution in [2.45, 2.75) is 24.8 Å². The fraction of sp³-hybridized carbons (Fsp3) is 0.167. The average Bonchev–Trinajstić information content (AvgIpc) is 3.15. The van der Waals surface area contributed by atoms with Gasteiger partial charge < -0.3 is 0 Å². The summed E-state index contributed by atoms with van der Waals surface area (Å²) in [6, 6.07) is 10.9.